The van der Waals surface area contributed by atoms with Crippen molar-refractivity contribution in [2.24, 2.45) is 13.0 Å². The molecular formula is C16H20N8. The summed E-state index contributed by atoms with van der Waals surface area (Å²) in [6.07, 6.45) is 4.95. The van der Waals surface area contributed by atoms with Crippen molar-refractivity contribution in [1.82, 2.24) is 35.0 Å². The van der Waals surface area contributed by atoms with E-state index in [1.54, 1.807) is 6.33 Å². The van der Waals surface area contributed by atoms with Gasteiger partial charge >= 0.3 is 0 Å². The molecule has 0 bridgehead atoms. The number of hydrogen-bond acceptors (Lipinski definition) is 6. The first kappa shape index (κ1) is 14.8. The maximum absolute atomic E-state index is 4.23. The van der Waals surface area contributed by atoms with Crippen molar-refractivity contribution in [2.45, 2.75) is 19.3 Å². The summed E-state index contributed by atoms with van der Waals surface area (Å²) in [6.45, 7) is 1.91. The summed E-state index contributed by atoms with van der Waals surface area (Å²) in [5.74, 6) is 2.51. The molecule has 0 saturated carbocycles. The Morgan fingerprint density at radius 2 is 1.88 bits per heavy atom. The number of aryl methyl sites for hydroxylation is 1. The monoisotopic (exact) mass is 324 g/mol. The van der Waals surface area contributed by atoms with Gasteiger partial charge in [0.2, 0.25) is 5.95 Å². The fraction of sp³-hybridized carbons (Fsp3) is 0.438. The highest BCUT2D eigenvalue weighted by atomic mass is 15.6. The lowest BCUT2D eigenvalue weighted by atomic mass is 9.93. The van der Waals surface area contributed by atoms with Crippen LogP contribution >= 0.6 is 0 Å². The molecule has 124 valence electrons. The Bertz CT molecular complexity index is 785. The van der Waals surface area contributed by atoms with Crippen molar-refractivity contribution in [3.8, 4) is 5.69 Å². The second kappa shape index (κ2) is 6.38. The summed E-state index contributed by atoms with van der Waals surface area (Å²) in [7, 11) is 2.00. The van der Waals surface area contributed by atoms with Gasteiger partial charge in [0, 0.05) is 26.6 Å². The summed E-state index contributed by atoms with van der Waals surface area (Å²) in [5, 5.41) is 20.4. The van der Waals surface area contributed by atoms with Crippen molar-refractivity contribution < 1.29 is 0 Å². The van der Waals surface area contributed by atoms with Gasteiger partial charge in [-0.2, -0.15) is 4.68 Å². The van der Waals surface area contributed by atoms with Crippen LogP contribution in [0.2, 0.25) is 0 Å². The Hall–Kier alpha value is -2.77. The second-order valence-corrected chi connectivity index (χ2v) is 6.22. The molecule has 0 N–H and O–H groups in total. The van der Waals surface area contributed by atoms with Gasteiger partial charge in [-0.25, -0.2) is 0 Å². The summed E-state index contributed by atoms with van der Waals surface area (Å²) >= 11 is 0. The topological polar surface area (TPSA) is 77.6 Å². The molecule has 1 saturated heterocycles. The van der Waals surface area contributed by atoms with E-state index in [0.29, 0.717) is 5.92 Å². The average molecular weight is 324 g/mol. The lowest BCUT2D eigenvalue weighted by Crippen LogP contribution is -2.36. The van der Waals surface area contributed by atoms with Crippen LogP contribution in [0.1, 0.15) is 18.7 Å². The average Bonchev–Trinajstić information content (AvgIpc) is 3.26. The first-order valence-electron chi connectivity index (χ1n) is 8.23. The molecule has 1 aromatic carbocycles. The smallest absolute Gasteiger partial charge is 0.250 e. The van der Waals surface area contributed by atoms with Crippen molar-refractivity contribution in [2.75, 3.05) is 18.0 Å². The van der Waals surface area contributed by atoms with Gasteiger partial charge in [-0.05, 0) is 41.3 Å². The van der Waals surface area contributed by atoms with Crippen LogP contribution in [-0.2, 0) is 13.5 Å². The molecule has 1 aliphatic heterocycles. The number of benzene rings is 1. The number of aromatic nitrogens is 7. The maximum Gasteiger partial charge on any atom is 0.250 e. The van der Waals surface area contributed by atoms with Crippen LogP contribution < -0.4 is 4.90 Å². The molecule has 0 unspecified atom stereocenters. The van der Waals surface area contributed by atoms with E-state index in [1.165, 1.54) is 0 Å². The number of hydrogen-bond donors (Lipinski definition) is 0. The molecule has 1 fully saturated rings. The van der Waals surface area contributed by atoms with Crippen LogP contribution in [0, 0.1) is 5.92 Å². The number of rotatable bonds is 4. The van der Waals surface area contributed by atoms with E-state index in [0.717, 1.165) is 49.8 Å². The van der Waals surface area contributed by atoms with Crippen LogP contribution in [0.4, 0.5) is 5.95 Å². The van der Waals surface area contributed by atoms with Gasteiger partial charge in [-0.3, -0.25) is 0 Å². The fourth-order valence-corrected chi connectivity index (χ4v) is 3.20. The number of para-hydroxylation sites is 1. The summed E-state index contributed by atoms with van der Waals surface area (Å²) in [6, 6.07) is 10.0. The molecule has 8 nitrogen and oxygen atoms in total. The largest absolute Gasteiger partial charge is 0.339 e. The molecular weight excluding hydrogens is 304 g/mol. The van der Waals surface area contributed by atoms with Crippen LogP contribution in [0.3, 0.4) is 0 Å². The van der Waals surface area contributed by atoms with Gasteiger partial charge in [0.15, 0.2) is 0 Å². The zero-order valence-electron chi connectivity index (χ0n) is 13.7. The molecule has 4 rings (SSSR count). The third-order valence-electron chi connectivity index (χ3n) is 4.63. The summed E-state index contributed by atoms with van der Waals surface area (Å²) < 4.78 is 3.81. The predicted molar refractivity (Wildman–Crippen MR) is 88.8 cm³/mol. The standard InChI is InChI=1S/C16H20N8/c1-22-12-17-18-15(22)11-13-7-9-23(10-8-13)16-19-20-21-24(16)14-5-3-2-4-6-14/h2-6,12-13H,7-11H2,1H3. The van der Waals surface area contributed by atoms with Crippen molar-refractivity contribution >= 4 is 5.95 Å². The summed E-state index contributed by atoms with van der Waals surface area (Å²) in [4.78, 5) is 2.26. The van der Waals surface area contributed by atoms with Crippen LogP contribution in [0.5, 0.6) is 0 Å². The number of tetrazole rings is 1. The van der Waals surface area contributed by atoms with Crippen molar-refractivity contribution in [1.29, 1.82) is 0 Å². The molecule has 24 heavy (non-hydrogen) atoms. The van der Waals surface area contributed by atoms with Gasteiger partial charge in [-0.15, -0.1) is 10.2 Å². The Morgan fingerprint density at radius 1 is 1.08 bits per heavy atom. The number of nitrogens with zero attached hydrogens (tertiary/aromatic N) is 8. The lowest BCUT2D eigenvalue weighted by molar-refractivity contribution is 0.389. The third-order valence-corrected chi connectivity index (χ3v) is 4.63. The highest BCUT2D eigenvalue weighted by Crippen LogP contribution is 2.24. The Labute approximate surface area is 140 Å². The molecule has 0 atom stereocenters. The van der Waals surface area contributed by atoms with E-state index in [9.17, 15) is 0 Å². The second-order valence-electron chi connectivity index (χ2n) is 6.22. The van der Waals surface area contributed by atoms with Crippen LogP contribution in [0.15, 0.2) is 36.7 Å². The molecule has 0 spiro atoms. The lowest BCUT2D eigenvalue weighted by Gasteiger charge is -2.31. The van der Waals surface area contributed by atoms with Crippen LogP contribution in [-0.4, -0.2) is 48.1 Å². The minimum absolute atomic E-state index is 0.630. The van der Waals surface area contributed by atoms with E-state index in [-0.39, 0.29) is 0 Å². The zero-order chi connectivity index (χ0) is 16.4. The molecule has 0 amide bonds. The fourth-order valence-electron chi connectivity index (χ4n) is 3.20. The summed E-state index contributed by atoms with van der Waals surface area (Å²) in [5.41, 5.74) is 0.985. The predicted octanol–water partition coefficient (Wildman–Crippen LogP) is 1.25. The first-order chi connectivity index (χ1) is 11.8. The Balaban J connectivity index is 1.44. The van der Waals surface area contributed by atoms with Gasteiger partial charge in [0.25, 0.3) is 0 Å². The highest BCUT2D eigenvalue weighted by molar-refractivity contribution is 5.40. The maximum atomic E-state index is 4.23. The van der Waals surface area contributed by atoms with E-state index in [2.05, 4.69) is 30.6 Å². The van der Waals surface area contributed by atoms with Crippen LogP contribution in [0.25, 0.3) is 5.69 Å². The van der Waals surface area contributed by atoms with Crippen molar-refractivity contribution in [3.63, 3.8) is 0 Å². The molecule has 0 radical (unpaired) electrons. The third kappa shape index (κ3) is 2.86. The number of anilines is 1. The molecule has 2 aromatic heterocycles. The molecule has 3 heterocycles. The molecule has 8 heteroatoms. The quantitative estimate of drug-likeness (QED) is 0.719. The Morgan fingerprint density at radius 3 is 2.58 bits per heavy atom. The van der Waals surface area contributed by atoms with Crippen molar-refractivity contribution in [3.05, 3.63) is 42.5 Å². The number of piperidine rings is 1. The molecule has 0 aliphatic carbocycles. The highest BCUT2D eigenvalue weighted by Gasteiger charge is 2.24. The van der Waals surface area contributed by atoms with Gasteiger partial charge in [0.05, 0.1) is 5.69 Å². The van der Waals surface area contributed by atoms with E-state index < -0.39 is 0 Å². The van der Waals surface area contributed by atoms with E-state index in [4.69, 9.17) is 0 Å². The molecule has 1 aliphatic rings. The van der Waals surface area contributed by atoms with Gasteiger partial charge in [-0.1, -0.05) is 23.3 Å². The molecule has 3 aromatic rings. The normalized spacial score (nSPS) is 15.8. The van der Waals surface area contributed by atoms with E-state index >= 15 is 0 Å². The Kier molecular flexibility index (Phi) is 3.94. The zero-order valence-corrected chi connectivity index (χ0v) is 13.7. The van der Waals surface area contributed by atoms with Gasteiger partial charge < -0.3 is 9.47 Å². The minimum Gasteiger partial charge on any atom is -0.339 e. The van der Waals surface area contributed by atoms with Gasteiger partial charge in [0.1, 0.15) is 12.2 Å². The first-order valence-corrected chi connectivity index (χ1v) is 8.23. The minimum atomic E-state index is 0.630. The SMILES string of the molecule is Cn1cnnc1CC1CCN(c2nnnn2-c2ccccc2)CC1. The van der Waals surface area contributed by atoms with E-state index in [1.807, 2.05) is 46.6 Å².